The minimum atomic E-state index is -0.898. The van der Waals surface area contributed by atoms with Gasteiger partial charge in [-0.3, -0.25) is 4.79 Å². The van der Waals surface area contributed by atoms with Crippen LogP contribution in [0.5, 0.6) is 17.2 Å². The fraction of sp³-hybridized carbons (Fsp3) is 0.500. The van der Waals surface area contributed by atoms with Gasteiger partial charge in [0.1, 0.15) is 31.2 Å². The molecule has 182 valence electrons. The van der Waals surface area contributed by atoms with E-state index in [1.54, 1.807) is 13.0 Å². The number of hydrogen-bond acceptors (Lipinski definition) is 7. The van der Waals surface area contributed by atoms with Crippen LogP contribution < -0.4 is 19.5 Å². The first-order valence-corrected chi connectivity index (χ1v) is 12.1. The molecule has 2 aromatic rings. The number of nitrogens with one attached hydrogen (secondary N) is 1. The zero-order valence-corrected chi connectivity index (χ0v) is 19.4. The van der Waals surface area contributed by atoms with Crippen LogP contribution in [0.2, 0.25) is 0 Å². The number of rotatable bonds is 9. The molecular formula is C26H32N2O6. The lowest BCUT2D eigenvalue weighted by Gasteiger charge is -2.30. The van der Waals surface area contributed by atoms with Gasteiger partial charge in [-0.05, 0) is 68.2 Å². The molecule has 1 amide bonds. The van der Waals surface area contributed by atoms with Crippen molar-refractivity contribution in [3.63, 3.8) is 0 Å². The van der Waals surface area contributed by atoms with Crippen molar-refractivity contribution in [3.05, 3.63) is 53.6 Å². The van der Waals surface area contributed by atoms with Crippen LogP contribution in [0.25, 0.3) is 0 Å². The molecule has 0 aliphatic carbocycles. The quantitative estimate of drug-likeness (QED) is 0.547. The number of carbonyl (C=O) groups excluding carboxylic acids is 1. The number of benzene rings is 2. The monoisotopic (exact) mass is 468 g/mol. The van der Waals surface area contributed by atoms with Gasteiger partial charge in [0.05, 0.1) is 12.6 Å². The SMILES string of the molecule is CC(Oc1ccc(C2CO2)cc1)C(=O)NC(CN1CCCC1)C(O)c1ccc2c(c1)OCCO2. The summed E-state index contributed by atoms with van der Waals surface area (Å²) >= 11 is 0. The van der Waals surface area contributed by atoms with Crippen LogP contribution in [0.15, 0.2) is 42.5 Å². The molecule has 0 aromatic heterocycles. The highest BCUT2D eigenvalue weighted by Gasteiger charge is 2.30. The predicted octanol–water partition coefficient (Wildman–Crippen LogP) is 2.61. The Labute approximate surface area is 199 Å². The van der Waals surface area contributed by atoms with Gasteiger partial charge in [0.2, 0.25) is 0 Å². The van der Waals surface area contributed by atoms with Crippen LogP contribution in [0.4, 0.5) is 0 Å². The average molecular weight is 469 g/mol. The summed E-state index contributed by atoms with van der Waals surface area (Å²) in [5.74, 6) is 1.64. The van der Waals surface area contributed by atoms with Gasteiger partial charge >= 0.3 is 0 Å². The first-order chi connectivity index (χ1) is 16.6. The molecular weight excluding hydrogens is 436 g/mol. The van der Waals surface area contributed by atoms with E-state index in [-0.39, 0.29) is 12.0 Å². The van der Waals surface area contributed by atoms with Gasteiger partial charge in [-0.25, -0.2) is 0 Å². The number of hydrogen-bond donors (Lipinski definition) is 2. The van der Waals surface area contributed by atoms with E-state index in [9.17, 15) is 9.90 Å². The molecule has 0 radical (unpaired) electrons. The summed E-state index contributed by atoms with van der Waals surface area (Å²) in [5.41, 5.74) is 1.79. The van der Waals surface area contributed by atoms with E-state index in [1.165, 1.54) is 0 Å². The zero-order chi connectivity index (χ0) is 23.5. The highest BCUT2D eigenvalue weighted by atomic mass is 16.6. The Morgan fingerprint density at radius 1 is 1.12 bits per heavy atom. The molecule has 8 heteroatoms. The van der Waals surface area contributed by atoms with Crippen molar-refractivity contribution in [2.24, 2.45) is 0 Å². The van der Waals surface area contributed by atoms with E-state index in [2.05, 4.69) is 10.2 Å². The van der Waals surface area contributed by atoms with E-state index in [0.717, 1.165) is 38.1 Å². The van der Waals surface area contributed by atoms with Gasteiger partial charge < -0.3 is 34.3 Å². The molecule has 4 unspecified atom stereocenters. The minimum Gasteiger partial charge on any atom is -0.486 e. The topological polar surface area (TPSA) is 92.8 Å². The molecule has 0 saturated carbocycles. The summed E-state index contributed by atoms with van der Waals surface area (Å²) in [6.45, 7) is 5.94. The van der Waals surface area contributed by atoms with Crippen molar-refractivity contribution >= 4 is 5.91 Å². The number of amides is 1. The molecule has 0 spiro atoms. The molecule has 2 fully saturated rings. The molecule has 0 bridgehead atoms. The Kier molecular flexibility index (Phi) is 6.89. The Balaban J connectivity index is 1.26. The minimum absolute atomic E-state index is 0.183. The number of nitrogens with zero attached hydrogens (tertiary/aromatic N) is 1. The summed E-state index contributed by atoms with van der Waals surface area (Å²) in [6, 6.07) is 12.6. The van der Waals surface area contributed by atoms with Crippen molar-refractivity contribution in [2.45, 2.75) is 44.1 Å². The van der Waals surface area contributed by atoms with Crippen molar-refractivity contribution in [3.8, 4) is 17.2 Å². The maximum atomic E-state index is 13.1. The standard InChI is InChI=1S/C26H32N2O6/c1-17(34-20-7-4-18(5-8-20)24-16-33-24)26(30)27-21(15-28-10-2-3-11-28)25(29)19-6-9-22-23(14-19)32-13-12-31-22/h4-9,14,17,21,24-25,29H,2-3,10-13,15-16H2,1H3,(H,27,30). The Morgan fingerprint density at radius 2 is 1.82 bits per heavy atom. The van der Waals surface area contributed by atoms with E-state index in [1.807, 2.05) is 36.4 Å². The van der Waals surface area contributed by atoms with Crippen molar-refractivity contribution < 1.29 is 28.8 Å². The van der Waals surface area contributed by atoms with Crippen LogP contribution in [0.1, 0.15) is 43.1 Å². The second-order valence-corrected chi connectivity index (χ2v) is 9.12. The number of aliphatic hydroxyl groups excluding tert-OH is 1. The molecule has 3 aliphatic rings. The lowest BCUT2D eigenvalue weighted by Crippen LogP contribution is -2.50. The number of fused-ring (bicyclic) bond motifs is 1. The van der Waals surface area contributed by atoms with Crippen molar-refractivity contribution in [1.29, 1.82) is 0 Å². The van der Waals surface area contributed by atoms with Gasteiger partial charge in [-0.2, -0.15) is 0 Å². The highest BCUT2D eigenvalue weighted by molar-refractivity contribution is 5.81. The molecule has 2 aromatic carbocycles. The maximum Gasteiger partial charge on any atom is 0.261 e. The predicted molar refractivity (Wildman–Crippen MR) is 125 cm³/mol. The van der Waals surface area contributed by atoms with Gasteiger partial charge in [-0.15, -0.1) is 0 Å². The third-order valence-corrected chi connectivity index (χ3v) is 6.54. The number of ether oxygens (including phenoxy) is 4. The first-order valence-electron chi connectivity index (χ1n) is 12.1. The van der Waals surface area contributed by atoms with Crippen LogP contribution >= 0.6 is 0 Å². The smallest absolute Gasteiger partial charge is 0.261 e. The van der Waals surface area contributed by atoms with Gasteiger partial charge in [0.15, 0.2) is 17.6 Å². The number of carbonyl (C=O) groups is 1. The normalized spacial score (nSPS) is 22.0. The molecule has 2 N–H and O–H groups in total. The molecule has 34 heavy (non-hydrogen) atoms. The van der Waals surface area contributed by atoms with E-state index >= 15 is 0 Å². The molecule has 4 atom stereocenters. The number of aliphatic hydroxyl groups is 1. The average Bonchev–Trinajstić information content (AvgIpc) is 3.59. The molecule has 3 heterocycles. The first kappa shape index (κ1) is 23.0. The number of epoxide rings is 1. The summed E-state index contributed by atoms with van der Waals surface area (Å²) < 4.78 is 22.4. The van der Waals surface area contributed by atoms with E-state index < -0.39 is 18.2 Å². The van der Waals surface area contributed by atoms with E-state index in [4.69, 9.17) is 18.9 Å². The molecule has 8 nitrogen and oxygen atoms in total. The Hall–Kier alpha value is -2.81. The van der Waals surface area contributed by atoms with Gasteiger partial charge in [-0.1, -0.05) is 18.2 Å². The third-order valence-electron chi connectivity index (χ3n) is 6.54. The third kappa shape index (κ3) is 5.46. The summed E-state index contributed by atoms with van der Waals surface area (Å²) in [6.07, 6.45) is 0.829. The second kappa shape index (κ2) is 10.2. The van der Waals surface area contributed by atoms with Gasteiger partial charge in [0, 0.05) is 6.54 Å². The summed E-state index contributed by atoms with van der Waals surface area (Å²) in [7, 11) is 0. The van der Waals surface area contributed by atoms with Crippen LogP contribution in [-0.4, -0.2) is 67.5 Å². The molecule has 2 saturated heterocycles. The summed E-state index contributed by atoms with van der Waals surface area (Å²) in [5, 5.41) is 14.3. The largest absolute Gasteiger partial charge is 0.486 e. The maximum absolute atomic E-state index is 13.1. The van der Waals surface area contributed by atoms with Crippen LogP contribution in [0.3, 0.4) is 0 Å². The van der Waals surface area contributed by atoms with Crippen molar-refractivity contribution in [2.75, 3.05) is 39.5 Å². The van der Waals surface area contributed by atoms with Crippen molar-refractivity contribution in [1.82, 2.24) is 10.2 Å². The Bertz CT molecular complexity index is 987. The fourth-order valence-corrected chi connectivity index (χ4v) is 4.50. The van der Waals surface area contributed by atoms with E-state index in [0.29, 0.717) is 42.6 Å². The lowest BCUT2D eigenvalue weighted by molar-refractivity contribution is -0.129. The zero-order valence-electron chi connectivity index (χ0n) is 19.4. The molecule has 3 aliphatic heterocycles. The fourth-order valence-electron chi connectivity index (χ4n) is 4.50. The molecule has 5 rings (SSSR count). The lowest BCUT2D eigenvalue weighted by atomic mass is 10.0. The van der Waals surface area contributed by atoms with Crippen LogP contribution in [-0.2, 0) is 9.53 Å². The number of likely N-dealkylation sites (tertiary alicyclic amines) is 1. The van der Waals surface area contributed by atoms with Gasteiger partial charge in [0.25, 0.3) is 5.91 Å². The summed E-state index contributed by atoms with van der Waals surface area (Å²) in [4.78, 5) is 15.3. The Morgan fingerprint density at radius 3 is 2.53 bits per heavy atom. The second-order valence-electron chi connectivity index (χ2n) is 9.12. The van der Waals surface area contributed by atoms with Crippen LogP contribution in [0, 0.1) is 0 Å². The highest BCUT2D eigenvalue weighted by Crippen LogP contribution is 2.34.